The number of rotatable bonds is 9. The molecule has 0 aliphatic rings. The maximum Gasteiger partial charge on any atom is 0.337 e. The average molecular weight is 274 g/mol. The minimum Gasteiger partial charge on any atom is -0.465 e. The van der Waals surface area contributed by atoms with E-state index in [0.29, 0.717) is 5.56 Å². The Morgan fingerprint density at radius 1 is 1.05 bits per heavy atom. The van der Waals surface area contributed by atoms with E-state index in [4.69, 9.17) is 0 Å². The van der Waals surface area contributed by atoms with Crippen molar-refractivity contribution in [2.75, 3.05) is 7.11 Å². The van der Waals surface area contributed by atoms with Gasteiger partial charge in [0, 0.05) is 0 Å². The molecular formula is C18H26O2. The van der Waals surface area contributed by atoms with Crippen molar-refractivity contribution in [2.24, 2.45) is 0 Å². The predicted octanol–water partition coefficient (Wildman–Crippen LogP) is 5.24. The monoisotopic (exact) mass is 274 g/mol. The Hall–Kier alpha value is -1.57. The van der Waals surface area contributed by atoms with Gasteiger partial charge in [-0.25, -0.2) is 4.79 Å². The Morgan fingerprint density at radius 3 is 2.35 bits per heavy atom. The van der Waals surface area contributed by atoms with Crippen molar-refractivity contribution in [3.8, 4) is 0 Å². The summed E-state index contributed by atoms with van der Waals surface area (Å²) in [5, 5.41) is 0. The molecule has 1 rings (SSSR count). The van der Waals surface area contributed by atoms with Crippen molar-refractivity contribution in [2.45, 2.75) is 51.9 Å². The SMILES string of the molecule is CCCCCCCC/C=C\c1ccc(C(=O)OC)cc1. The second kappa shape index (κ2) is 10.2. The number of carbonyl (C=O) groups excluding carboxylic acids is 1. The van der Waals surface area contributed by atoms with E-state index >= 15 is 0 Å². The average Bonchev–Trinajstić information content (AvgIpc) is 2.50. The first-order valence-corrected chi connectivity index (χ1v) is 7.63. The van der Waals surface area contributed by atoms with Crippen molar-refractivity contribution in [1.82, 2.24) is 0 Å². The topological polar surface area (TPSA) is 26.3 Å². The summed E-state index contributed by atoms with van der Waals surface area (Å²) < 4.78 is 4.67. The molecule has 20 heavy (non-hydrogen) atoms. The summed E-state index contributed by atoms with van der Waals surface area (Å²) in [7, 11) is 1.40. The van der Waals surface area contributed by atoms with Crippen LogP contribution in [-0.4, -0.2) is 13.1 Å². The Kier molecular flexibility index (Phi) is 8.44. The number of methoxy groups -OCH3 is 1. The van der Waals surface area contributed by atoms with E-state index in [-0.39, 0.29) is 5.97 Å². The third-order valence-electron chi connectivity index (χ3n) is 3.37. The van der Waals surface area contributed by atoms with Gasteiger partial charge in [-0.05, 0) is 30.5 Å². The molecule has 0 N–H and O–H groups in total. The maximum atomic E-state index is 11.3. The standard InChI is InChI=1S/C18H26O2/c1-3-4-5-6-7-8-9-10-11-16-12-14-17(15-13-16)18(19)20-2/h10-15H,3-9H2,1-2H3/b11-10-. The summed E-state index contributed by atoms with van der Waals surface area (Å²) >= 11 is 0. The van der Waals surface area contributed by atoms with Crippen molar-refractivity contribution < 1.29 is 9.53 Å². The molecule has 0 bridgehead atoms. The molecule has 0 aromatic heterocycles. The molecule has 2 heteroatoms. The summed E-state index contributed by atoms with van der Waals surface area (Å²) in [5.41, 5.74) is 1.73. The Morgan fingerprint density at radius 2 is 1.70 bits per heavy atom. The van der Waals surface area contributed by atoms with Crippen LogP contribution in [0.4, 0.5) is 0 Å². The smallest absolute Gasteiger partial charge is 0.337 e. The molecule has 0 heterocycles. The molecule has 1 aromatic rings. The third kappa shape index (κ3) is 6.55. The van der Waals surface area contributed by atoms with E-state index in [1.807, 2.05) is 12.1 Å². The molecule has 2 nitrogen and oxygen atoms in total. The van der Waals surface area contributed by atoms with Gasteiger partial charge in [0.2, 0.25) is 0 Å². The van der Waals surface area contributed by atoms with Crippen LogP contribution in [0.5, 0.6) is 0 Å². The Bertz CT molecular complexity index is 404. The summed E-state index contributed by atoms with van der Waals surface area (Å²) in [6, 6.07) is 7.50. The zero-order chi connectivity index (χ0) is 14.6. The molecular weight excluding hydrogens is 248 g/mol. The lowest BCUT2D eigenvalue weighted by Crippen LogP contribution is -2.00. The number of benzene rings is 1. The highest BCUT2D eigenvalue weighted by Gasteiger charge is 2.02. The van der Waals surface area contributed by atoms with Crippen LogP contribution in [0.15, 0.2) is 30.3 Å². The van der Waals surface area contributed by atoms with E-state index in [1.54, 1.807) is 12.1 Å². The summed E-state index contributed by atoms with van der Waals surface area (Å²) in [5.74, 6) is -0.285. The lowest BCUT2D eigenvalue weighted by atomic mass is 10.1. The minimum absolute atomic E-state index is 0.285. The fraction of sp³-hybridized carbons (Fsp3) is 0.500. The first-order valence-electron chi connectivity index (χ1n) is 7.63. The molecule has 0 aliphatic heterocycles. The zero-order valence-corrected chi connectivity index (χ0v) is 12.7. The predicted molar refractivity (Wildman–Crippen MR) is 84.8 cm³/mol. The lowest BCUT2D eigenvalue weighted by molar-refractivity contribution is 0.0601. The highest BCUT2D eigenvalue weighted by atomic mass is 16.5. The van der Waals surface area contributed by atoms with Gasteiger partial charge < -0.3 is 4.74 Å². The van der Waals surface area contributed by atoms with Crippen LogP contribution in [0.1, 0.15) is 67.8 Å². The van der Waals surface area contributed by atoms with Crippen LogP contribution in [-0.2, 0) is 4.74 Å². The molecule has 1 aromatic carbocycles. The second-order valence-electron chi connectivity index (χ2n) is 5.07. The van der Waals surface area contributed by atoms with Crippen LogP contribution in [0, 0.1) is 0 Å². The van der Waals surface area contributed by atoms with Gasteiger partial charge >= 0.3 is 5.97 Å². The van der Waals surface area contributed by atoms with Crippen molar-refractivity contribution in [1.29, 1.82) is 0 Å². The zero-order valence-electron chi connectivity index (χ0n) is 12.7. The number of unbranched alkanes of at least 4 members (excludes halogenated alkanes) is 6. The quantitative estimate of drug-likeness (QED) is 0.455. The molecule has 0 radical (unpaired) electrons. The van der Waals surface area contributed by atoms with Crippen LogP contribution in [0.25, 0.3) is 6.08 Å². The third-order valence-corrected chi connectivity index (χ3v) is 3.37. The molecule has 0 amide bonds. The molecule has 0 aliphatic carbocycles. The van der Waals surface area contributed by atoms with E-state index in [2.05, 4.69) is 23.8 Å². The fourth-order valence-electron chi connectivity index (χ4n) is 2.11. The summed E-state index contributed by atoms with van der Waals surface area (Å²) in [6.45, 7) is 2.24. The van der Waals surface area contributed by atoms with Crippen LogP contribution in [0.3, 0.4) is 0 Å². The first-order chi connectivity index (χ1) is 9.77. The van der Waals surface area contributed by atoms with Crippen LogP contribution in [0.2, 0.25) is 0 Å². The van der Waals surface area contributed by atoms with E-state index in [0.717, 1.165) is 12.0 Å². The van der Waals surface area contributed by atoms with Gasteiger partial charge in [-0.15, -0.1) is 0 Å². The Labute approximate surface area is 122 Å². The number of hydrogen-bond donors (Lipinski definition) is 0. The van der Waals surface area contributed by atoms with E-state index in [1.165, 1.54) is 45.6 Å². The summed E-state index contributed by atoms with van der Waals surface area (Å²) in [6.07, 6.45) is 13.4. The largest absolute Gasteiger partial charge is 0.465 e. The van der Waals surface area contributed by atoms with E-state index in [9.17, 15) is 4.79 Å². The number of hydrogen-bond acceptors (Lipinski definition) is 2. The number of carbonyl (C=O) groups is 1. The van der Waals surface area contributed by atoms with Gasteiger partial charge in [0.15, 0.2) is 0 Å². The van der Waals surface area contributed by atoms with Crippen LogP contribution >= 0.6 is 0 Å². The molecule has 0 spiro atoms. The highest BCUT2D eigenvalue weighted by molar-refractivity contribution is 5.89. The molecule has 0 saturated heterocycles. The summed E-state index contributed by atoms with van der Waals surface area (Å²) in [4.78, 5) is 11.3. The van der Waals surface area contributed by atoms with Crippen molar-refractivity contribution >= 4 is 12.0 Å². The van der Waals surface area contributed by atoms with Gasteiger partial charge in [0.25, 0.3) is 0 Å². The maximum absolute atomic E-state index is 11.3. The van der Waals surface area contributed by atoms with Crippen LogP contribution < -0.4 is 0 Å². The second-order valence-corrected chi connectivity index (χ2v) is 5.07. The van der Waals surface area contributed by atoms with Crippen molar-refractivity contribution in [3.63, 3.8) is 0 Å². The van der Waals surface area contributed by atoms with Gasteiger partial charge in [-0.2, -0.15) is 0 Å². The number of esters is 1. The fourth-order valence-corrected chi connectivity index (χ4v) is 2.11. The molecule has 0 fully saturated rings. The van der Waals surface area contributed by atoms with Gasteiger partial charge in [-0.3, -0.25) is 0 Å². The van der Waals surface area contributed by atoms with Gasteiger partial charge in [0.05, 0.1) is 12.7 Å². The lowest BCUT2D eigenvalue weighted by Gasteiger charge is -2.00. The molecule has 0 unspecified atom stereocenters. The highest BCUT2D eigenvalue weighted by Crippen LogP contribution is 2.10. The molecule has 0 atom stereocenters. The van der Waals surface area contributed by atoms with Gasteiger partial charge in [0.1, 0.15) is 0 Å². The van der Waals surface area contributed by atoms with E-state index < -0.39 is 0 Å². The normalized spacial score (nSPS) is 10.9. The minimum atomic E-state index is -0.285. The number of ether oxygens (including phenoxy) is 1. The molecule has 0 saturated carbocycles. The van der Waals surface area contributed by atoms with Crippen molar-refractivity contribution in [3.05, 3.63) is 41.5 Å². The first kappa shape index (κ1) is 16.5. The number of allylic oxidation sites excluding steroid dienone is 1. The molecule has 110 valence electrons. The Balaban J connectivity index is 2.23. The van der Waals surface area contributed by atoms with Gasteiger partial charge in [-0.1, -0.05) is 63.3 Å².